The number of H-pyrrole nitrogens is 1. The Morgan fingerprint density at radius 1 is 1.05 bits per heavy atom. The molecule has 0 saturated carbocycles. The molecular formula is C16H11F3N2O. The van der Waals surface area contributed by atoms with E-state index in [0.717, 1.165) is 28.6 Å². The molecule has 3 rings (SSSR count). The summed E-state index contributed by atoms with van der Waals surface area (Å²) in [5.41, 5.74) is 1.56. The Morgan fingerprint density at radius 2 is 1.82 bits per heavy atom. The molecule has 1 aromatic heterocycles. The highest BCUT2D eigenvalue weighted by atomic mass is 19.2. The van der Waals surface area contributed by atoms with E-state index < -0.39 is 29.0 Å². The van der Waals surface area contributed by atoms with Crippen molar-refractivity contribution >= 4 is 22.5 Å². The Labute approximate surface area is 123 Å². The van der Waals surface area contributed by atoms with Crippen LogP contribution in [-0.4, -0.2) is 10.9 Å². The lowest BCUT2D eigenvalue weighted by Gasteiger charge is -2.06. The van der Waals surface area contributed by atoms with Crippen molar-refractivity contribution in [3.8, 4) is 0 Å². The largest absolute Gasteiger partial charge is 0.351 e. The van der Waals surface area contributed by atoms with E-state index in [9.17, 15) is 18.0 Å². The molecule has 0 aliphatic heterocycles. The first kappa shape index (κ1) is 14.2. The number of anilines is 1. The number of carbonyl (C=O) groups excluding carboxylic acids is 1. The maximum atomic E-state index is 13.6. The van der Waals surface area contributed by atoms with E-state index in [2.05, 4.69) is 10.3 Å². The molecule has 1 heterocycles. The van der Waals surface area contributed by atoms with E-state index in [4.69, 9.17) is 0 Å². The molecule has 22 heavy (non-hydrogen) atoms. The van der Waals surface area contributed by atoms with E-state index in [0.29, 0.717) is 0 Å². The summed E-state index contributed by atoms with van der Waals surface area (Å²) in [5.74, 6) is -5.00. The Kier molecular flexibility index (Phi) is 3.36. The van der Waals surface area contributed by atoms with Gasteiger partial charge in [-0.25, -0.2) is 13.2 Å². The fraction of sp³-hybridized carbons (Fsp3) is 0.0625. The van der Waals surface area contributed by atoms with Crippen molar-refractivity contribution in [2.24, 2.45) is 0 Å². The van der Waals surface area contributed by atoms with Gasteiger partial charge in [0, 0.05) is 10.9 Å². The lowest BCUT2D eigenvalue weighted by atomic mass is 10.2. The Hall–Kier alpha value is -2.76. The van der Waals surface area contributed by atoms with Crippen LogP contribution in [0.3, 0.4) is 0 Å². The molecule has 0 bridgehead atoms. The molecule has 0 aliphatic rings. The summed E-state index contributed by atoms with van der Waals surface area (Å²) >= 11 is 0. The SMILES string of the molecule is Cc1ccc2cc(C(=O)Nc3ccc(F)c(F)c3F)[nH]c2c1. The van der Waals surface area contributed by atoms with Gasteiger partial charge in [-0.1, -0.05) is 12.1 Å². The van der Waals surface area contributed by atoms with Gasteiger partial charge >= 0.3 is 0 Å². The quantitative estimate of drug-likeness (QED) is 0.686. The average molecular weight is 304 g/mol. The summed E-state index contributed by atoms with van der Waals surface area (Å²) in [6.45, 7) is 1.91. The van der Waals surface area contributed by atoms with Crippen LogP contribution in [0.2, 0.25) is 0 Å². The Morgan fingerprint density at radius 3 is 2.59 bits per heavy atom. The van der Waals surface area contributed by atoms with Crippen LogP contribution in [0.5, 0.6) is 0 Å². The van der Waals surface area contributed by atoms with Crippen molar-refractivity contribution in [3.05, 3.63) is 65.1 Å². The minimum absolute atomic E-state index is 0.199. The number of aromatic nitrogens is 1. The van der Waals surface area contributed by atoms with E-state index >= 15 is 0 Å². The van der Waals surface area contributed by atoms with Crippen LogP contribution in [0.4, 0.5) is 18.9 Å². The summed E-state index contributed by atoms with van der Waals surface area (Å²) in [6, 6.07) is 8.93. The van der Waals surface area contributed by atoms with Crippen molar-refractivity contribution in [3.63, 3.8) is 0 Å². The topological polar surface area (TPSA) is 44.9 Å². The monoisotopic (exact) mass is 304 g/mol. The predicted octanol–water partition coefficient (Wildman–Crippen LogP) is 4.15. The first-order chi connectivity index (χ1) is 10.5. The minimum Gasteiger partial charge on any atom is -0.351 e. The van der Waals surface area contributed by atoms with Crippen LogP contribution < -0.4 is 5.32 Å². The lowest BCUT2D eigenvalue weighted by molar-refractivity contribution is 0.102. The van der Waals surface area contributed by atoms with Gasteiger partial charge in [0.1, 0.15) is 5.69 Å². The number of halogens is 3. The molecular weight excluding hydrogens is 293 g/mol. The third-order valence-corrected chi connectivity index (χ3v) is 3.31. The lowest BCUT2D eigenvalue weighted by Crippen LogP contribution is -2.14. The zero-order chi connectivity index (χ0) is 15.9. The van der Waals surface area contributed by atoms with Crippen LogP contribution in [0.25, 0.3) is 10.9 Å². The molecule has 0 spiro atoms. The molecule has 0 saturated heterocycles. The van der Waals surface area contributed by atoms with Gasteiger partial charge in [0.05, 0.1) is 5.69 Å². The second kappa shape index (κ2) is 5.22. The predicted molar refractivity (Wildman–Crippen MR) is 77.3 cm³/mol. The van der Waals surface area contributed by atoms with Crippen LogP contribution in [0, 0.1) is 24.4 Å². The van der Waals surface area contributed by atoms with Crippen molar-refractivity contribution in [2.45, 2.75) is 6.92 Å². The molecule has 1 amide bonds. The van der Waals surface area contributed by atoms with Gasteiger partial charge < -0.3 is 10.3 Å². The summed E-state index contributed by atoms with van der Waals surface area (Å²) in [4.78, 5) is 15.0. The van der Waals surface area contributed by atoms with E-state index in [1.807, 2.05) is 25.1 Å². The molecule has 112 valence electrons. The van der Waals surface area contributed by atoms with Gasteiger partial charge in [-0.2, -0.15) is 0 Å². The second-order valence-corrected chi connectivity index (χ2v) is 4.95. The highest BCUT2D eigenvalue weighted by molar-refractivity contribution is 6.06. The molecule has 0 aliphatic carbocycles. The fourth-order valence-electron chi connectivity index (χ4n) is 2.18. The van der Waals surface area contributed by atoms with Crippen molar-refractivity contribution in [1.29, 1.82) is 0 Å². The van der Waals surface area contributed by atoms with Gasteiger partial charge in [-0.05, 0) is 36.8 Å². The number of amides is 1. The molecule has 2 N–H and O–H groups in total. The van der Waals surface area contributed by atoms with Gasteiger partial charge in [0.2, 0.25) is 0 Å². The van der Waals surface area contributed by atoms with Crippen LogP contribution in [0.1, 0.15) is 16.1 Å². The minimum atomic E-state index is -1.62. The number of benzene rings is 2. The first-order valence-electron chi connectivity index (χ1n) is 6.50. The highest BCUT2D eigenvalue weighted by Crippen LogP contribution is 2.21. The average Bonchev–Trinajstić information content (AvgIpc) is 2.91. The zero-order valence-electron chi connectivity index (χ0n) is 11.5. The van der Waals surface area contributed by atoms with E-state index in [1.165, 1.54) is 0 Å². The Bertz CT molecular complexity index is 886. The van der Waals surface area contributed by atoms with E-state index in [-0.39, 0.29) is 5.69 Å². The highest BCUT2D eigenvalue weighted by Gasteiger charge is 2.17. The number of aryl methyl sites for hydroxylation is 1. The fourth-order valence-corrected chi connectivity index (χ4v) is 2.18. The van der Waals surface area contributed by atoms with Crippen LogP contribution in [0.15, 0.2) is 36.4 Å². The molecule has 0 atom stereocenters. The summed E-state index contributed by atoms with van der Waals surface area (Å²) in [7, 11) is 0. The number of fused-ring (bicyclic) bond motifs is 1. The standard InChI is InChI=1S/C16H11F3N2O/c1-8-2-3-9-7-13(20-12(9)6-8)16(22)21-11-5-4-10(17)14(18)15(11)19/h2-7,20H,1H3,(H,21,22). The normalized spacial score (nSPS) is 10.9. The third-order valence-electron chi connectivity index (χ3n) is 3.31. The second-order valence-electron chi connectivity index (χ2n) is 4.95. The molecule has 3 aromatic rings. The van der Waals surface area contributed by atoms with Crippen molar-refractivity contribution in [2.75, 3.05) is 5.32 Å². The van der Waals surface area contributed by atoms with Gasteiger partial charge in [0.15, 0.2) is 17.5 Å². The van der Waals surface area contributed by atoms with Crippen molar-refractivity contribution in [1.82, 2.24) is 4.98 Å². The van der Waals surface area contributed by atoms with Crippen molar-refractivity contribution < 1.29 is 18.0 Å². The zero-order valence-corrected chi connectivity index (χ0v) is 11.5. The third kappa shape index (κ3) is 2.43. The first-order valence-corrected chi connectivity index (χ1v) is 6.50. The number of carbonyl (C=O) groups is 1. The molecule has 2 aromatic carbocycles. The molecule has 0 unspecified atom stereocenters. The maximum absolute atomic E-state index is 13.6. The summed E-state index contributed by atoms with van der Waals surface area (Å²) in [5, 5.41) is 3.04. The number of hydrogen-bond acceptors (Lipinski definition) is 1. The van der Waals surface area contributed by atoms with E-state index in [1.54, 1.807) is 6.07 Å². The summed E-state index contributed by atoms with van der Waals surface area (Å²) in [6.07, 6.45) is 0. The van der Waals surface area contributed by atoms with Gasteiger partial charge in [-0.3, -0.25) is 4.79 Å². The maximum Gasteiger partial charge on any atom is 0.272 e. The molecule has 0 fully saturated rings. The number of hydrogen-bond donors (Lipinski definition) is 2. The number of nitrogens with one attached hydrogen (secondary N) is 2. The van der Waals surface area contributed by atoms with Gasteiger partial charge in [0.25, 0.3) is 5.91 Å². The van der Waals surface area contributed by atoms with Gasteiger partial charge in [-0.15, -0.1) is 0 Å². The molecule has 6 heteroatoms. The smallest absolute Gasteiger partial charge is 0.272 e. The van der Waals surface area contributed by atoms with Crippen LogP contribution in [-0.2, 0) is 0 Å². The number of rotatable bonds is 2. The molecule has 3 nitrogen and oxygen atoms in total. The summed E-state index contributed by atoms with van der Waals surface area (Å²) < 4.78 is 39.6. The number of aromatic amines is 1. The molecule has 0 radical (unpaired) electrons. The van der Waals surface area contributed by atoms with Crippen LogP contribution >= 0.6 is 0 Å². The Balaban J connectivity index is 1.92.